The molecule has 1 fully saturated rings. The molecule has 1 saturated heterocycles. The van der Waals surface area contributed by atoms with Gasteiger partial charge in [-0.25, -0.2) is 4.98 Å². The van der Waals surface area contributed by atoms with Gasteiger partial charge in [-0.1, -0.05) is 6.07 Å². The van der Waals surface area contributed by atoms with Gasteiger partial charge in [-0.2, -0.15) is 13.2 Å². The number of hydrogen-bond acceptors (Lipinski definition) is 7. The third kappa shape index (κ3) is 6.52. The number of fused-ring (bicyclic) bond motifs is 1. The molecule has 1 aromatic heterocycles. The van der Waals surface area contributed by atoms with Crippen molar-refractivity contribution in [1.82, 2.24) is 4.98 Å². The molecule has 2 aliphatic heterocycles. The third-order valence-electron chi connectivity index (χ3n) is 7.39. The Morgan fingerprint density at radius 2 is 1.80 bits per heavy atom. The van der Waals surface area contributed by atoms with Crippen molar-refractivity contribution in [3.63, 3.8) is 0 Å². The van der Waals surface area contributed by atoms with Crippen LogP contribution in [0.1, 0.15) is 39.2 Å². The van der Waals surface area contributed by atoms with E-state index in [1.807, 2.05) is 17.0 Å². The molecular formula is C29H32F3N3O4S. The van der Waals surface area contributed by atoms with Crippen LogP contribution >= 0.6 is 11.3 Å². The number of aliphatic carboxylic acids is 1. The second kappa shape index (κ2) is 12.1. The number of nitrogens with zero attached hydrogens (tertiary/aromatic N) is 3. The highest BCUT2D eigenvalue weighted by atomic mass is 32.1. The average Bonchev–Trinajstić information content (AvgIpc) is 3.32. The molecule has 40 heavy (non-hydrogen) atoms. The lowest BCUT2D eigenvalue weighted by molar-refractivity contribution is -0.138. The molecule has 0 spiro atoms. The van der Waals surface area contributed by atoms with Gasteiger partial charge in [-0.15, -0.1) is 11.3 Å². The van der Waals surface area contributed by atoms with Crippen LogP contribution in [0.15, 0.2) is 36.4 Å². The van der Waals surface area contributed by atoms with Gasteiger partial charge in [0.2, 0.25) is 0 Å². The van der Waals surface area contributed by atoms with Crippen LogP contribution in [-0.2, 0) is 41.5 Å². The van der Waals surface area contributed by atoms with Gasteiger partial charge in [0.25, 0.3) is 0 Å². The van der Waals surface area contributed by atoms with E-state index in [0.29, 0.717) is 57.9 Å². The summed E-state index contributed by atoms with van der Waals surface area (Å²) in [5.74, 6) is -0.109. The molecule has 2 aromatic carbocycles. The minimum atomic E-state index is -4.38. The Bertz CT molecular complexity index is 1340. The van der Waals surface area contributed by atoms with Crippen LogP contribution in [0.5, 0.6) is 5.75 Å². The summed E-state index contributed by atoms with van der Waals surface area (Å²) in [7, 11) is 0. The SMILES string of the molecule is Cc1sc(N2CCOCC2)nc1CCOc1ccc(CCC(=O)O)c2c1CCN(c1ccc(C(F)(F)F)cc1)C2. The summed E-state index contributed by atoms with van der Waals surface area (Å²) in [6.45, 7) is 6.72. The Hall–Kier alpha value is -3.31. The van der Waals surface area contributed by atoms with Crippen LogP contribution in [0.25, 0.3) is 0 Å². The van der Waals surface area contributed by atoms with Gasteiger partial charge in [0.1, 0.15) is 5.75 Å². The van der Waals surface area contributed by atoms with Crippen molar-refractivity contribution < 1.29 is 32.5 Å². The predicted molar refractivity (Wildman–Crippen MR) is 148 cm³/mol. The Morgan fingerprint density at radius 1 is 1.05 bits per heavy atom. The maximum absolute atomic E-state index is 13.0. The predicted octanol–water partition coefficient (Wildman–Crippen LogP) is 5.51. The first-order valence-electron chi connectivity index (χ1n) is 13.4. The number of carboxylic acids is 1. The summed E-state index contributed by atoms with van der Waals surface area (Å²) in [4.78, 5) is 21.6. The van der Waals surface area contributed by atoms with Crippen LogP contribution in [0.3, 0.4) is 0 Å². The fourth-order valence-electron chi connectivity index (χ4n) is 5.19. The minimum Gasteiger partial charge on any atom is -0.493 e. The van der Waals surface area contributed by atoms with Gasteiger partial charge >= 0.3 is 12.1 Å². The Labute approximate surface area is 235 Å². The van der Waals surface area contributed by atoms with Crippen molar-refractivity contribution >= 4 is 28.1 Å². The van der Waals surface area contributed by atoms with Gasteiger partial charge in [0.05, 0.1) is 31.1 Å². The van der Waals surface area contributed by atoms with E-state index in [1.54, 1.807) is 11.3 Å². The van der Waals surface area contributed by atoms with Crippen LogP contribution in [-0.4, -0.2) is 55.5 Å². The van der Waals surface area contributed by atoms with Gasteiger partial charge in [0.15, 0.2) is 5.13 Å². The first-order valence-corrected chi connectivity index (χ1v) is 14.2. The summed E-state index contributed by atoms with van der Waals surface area (Å²) in [6.07, 6.45) is -2.70. The lowest BCUT2D eigenvalue weighted by Crippen LogP contribution is -2.36. The zero-order chi connectivity index (χ0) is 28.3. The topological polar surface area (TPSA) is 75.1 Å². The van der Waals surface area contributed by atoms with E-state index in [9.17, 15) is 23.1 Å². The number of thiazole rings is 1. The van der Waals surface area contributed by atoms with Gasteiger partial charge < -0.3 is 24.4 Å². The Kier molecular flexibility index (Phi) is 8.51. The maximum atomic E-state index is 13.0. The van der Waals surface area contributed by atoms with Crippen molar-refractivity contribution in [3.05, 3.63) is 69.2 Å². The molecule has 0 radical (unpaired) electrons. The van der Waals surface area contributed by atoms with E-state index in [4.69, 9.17) is 14.5 Å². The highest BCUT2D eigenvalue weighted by molar-refractivity contribution is 7.15. The largest absolute Gasteiger partial charge is 0.493 e. The molecule has 0 bridgehead atoms. The quantitative estimate of drug-likeness (QED) is 0.361. The van der Waals surface area contributed by atoms with E-state index in [1.165, 1.54) is 17.0 Å². The van der Waals surface area contributed by atoms with Gasteiger partial charge in [0, 0.05) is 55.1 Å². The summed E-state index contributed by atoms with van der Waals surface area (Å²) in [6, 6.07) is 9.01. The number of rotatable bonds is 9. The molecule has 7 nitrogen and oxygen atoms in total. The molecule has 3 aromatic rings. The normalized spacial score (nSPS) is 15.7. The zero-order valence-corrected chi connectivity index (χ0v) is 23.1. The van der Waals surface area contributed by atoms with Crippen molar-refractivity contribution in [3.8, 4) is 5.75 Å². The molecule has 2 aliphatic rings. The second-order valence-electron chi connectivity index (χ2n) is 9.99. The van der Waals surface area contributed by atoms with Crippen LogP contribution in [0.2, 0.25) is 0 Å². The van der Waals surface area contributed by atoms with E-state index >= 15 is 0 Å². The smallest absolute Gasteiger partial charge is 0.416 e. The number of carboxylic acid groups (broad SMARTS) is 1. The number of ether oxygens (including phenoxy) is 2. The Morgan fingerprint density at radius 3 is 2.50 bits per heavy atom. The highest BCUT2D eigenvalue weighted by Gasteiger charge is 2.30. The highest BCUT2D eigenvalue weighted by Crippen LogP contribution is 2.36. The molecule has 3 heterocycles. The minimum absolute atomic E-state index is 0.00149. The monoisotopic (exact) mass is 575 g/mol. The average molecular weight is 576 g/mol. The number of anilines is 2. The Balaban J connectivity index is 1.30. The maximum Gasteiger partial charge on any atom is 0.416 e. The number of alkyl halides is 3. The lowest BCUT2D eigenvalue weighted by Gasteiger charge is -2.33. The van der Waals surface area contributed by atoms with E-state index in [-0.39, 0.29) is 6.42 Å². The summed E-state index contributed by atoms with van der Waals surface area (Å²) >= 11 is 1.69. The van der Waals surface area contributed by atoms with Gasteiger partial charge in [-0.3, -0.25) is 4.79 Å². The fraction of sp³-hybridized carbons (Fsp3) is 0.448. The second-order valence-corrected chi connectivity index (χ2v) is 11.2. The van der Waals surface area contributed by atoms with Crippen molar-refractivity contribution in [1.29, 1.82) is 0 Å². The first kappa shape index (κ1) is 28.2. The standard InChI is InChI=1S/C29H32F3N3O4S/c1-19-25(33-28(40-19)34-13-16-38-17-14-34)11-15-39-26-8-2-20(3-9-27(36)37)24-18-35(12-10-23(24)26)22-6-4-21(5-7-22)29(30,31)32/h2,4-8H,3,9-18H2,1H3,(H,36,37). The van der Waals surface area contributed by atoms with Crippen LogP contribution in [0.4, 0.5) is 24.0 Å². The molecule has 0 amide bonds. The van der Waals surface area contributed by atoms with Crippen LogP contribution < -0.4 is 14.5 Å². The molecule has 11 heteroatoms. The van der Waals surface area contributed by atoms with Crippen molar-refractivity contribution in [2.75, 3.05) is 49.3 Å². The molecule has 0 saturated carbocycles. The van der Waals surface area contributed by atoms with E-state index in [2.05, 4.69) is 11.8 Å². The summed E-state index contributed by atoms with van der Waals surface area (Å²) in [5.41, 5.74) is 3.99. The molecule has 0 unspecified atom stereocenters. The van der Waals surface area contributed by atoms with Gasteiger partial charge in [-0.05, 0) is 61.2 Å². The molecular weight excluding hydrogens is 543 g/mol. The molecule has 0 aliphatic carbocycles. The number of morpholine rings is 1. The number of aryl methyl sites for hydroxylation is 2. The molecule has 5 rings (SSSR count). The molecule has 1 N–H and O–H groups in total. The van der Waals surface area contributed by atoms with E-state index in [0.717, 1.165) is 58.5 Å². The lowest BCUT2D eigenvalue weighted by atomic mass is 9.91. The summed E-state index contributed by atoms with van der Waals surface area (Å²) in [5, 5.41) is 10.3. The fourth-order valence-corrected chi connectivity index (χ4v) is 6.20. The molecule has 214 valence electrons. The number of benzene rings is 2. The number of hydrogen-bond donors (Lipinski definition) is 1. The first-order chi connectivity index (χ1) is 19.2. The van der Waals surface area contributed by atoms with Crippen LogP contribution in [0, 0.1) is 6.92 Å². The number of aromatic nitrogens is 1. The molecule has 0 atom stereocenters. The summed E-state index contributed by atoms with van der Waals surface area (Å²) < 4.78 is 50.8. The van der Waals surface area contributed by atoms with Crippen molar-refractivity contribution in [2.24, 2.45) is 0 Å². The third-order valence-corrected chi connectivity index (χ3v) is 8.47. The zero-order valence-electron chi connectivity index (χ0n) is 22.3. The number of halogens is 3. The number of carbonyl (C=O) groups is 1. The van der Waals surface area contributed by atoms with E-state index < -0.39 is 17.7 Å². The van der Waals surface area contributed by atoms with Crippen molar-refractivity contribution in [2.45, 2.75) is 45.3 Å².